The number of likely N-dealkylation sites (tertiary alicyclic amines) is 1. The van der Waals surface area contributed by atoms with Gasteiger partial charge in [0, 0.05) is 32.5 Å². The Bertz CT molecular complexity index is 756. The van der Waals surface area contributed by atoms with Gasteiger partial charge in [-0.05, 0) is 64.3 Å². The smallest absolute Gasteiger partial charge is 0.208 e. The molecule has 29 heavy (non-hydrogen) atoms. The van der Waals surface area contributed by atoms with Crippen LogP contribution in [-0.4, -0.2) is 46.6 Å². The van der Waals surface area contributed by atoms with Gasteiger partial charge in [-0.3, -0.25) is 4.90 Å². The molecular weight excluding hydrogens is 479 g/mol. The molecular formula is C21H35IN6O. The number of oxazole rings is 1. The lowest BCUT2D eigenvalue weighted by atomic mass is 9.97. The van der Waals surface area contributed by atoms with E-state index in [1.54, 1.807) is 0 Å². The van der Waals surface area contributed by atoms with Crippen molar-refractivity contribution in [3.63, 3.8) is 0 Å². The number of hydrogen-bond acceptors (Lipinski definition) is 4. The molecule has 1 aliphatic rings. The number of aryl methyl sites for hydroxylation is 3. The average Bonchev–Trinajstić information content (AvgIpc) is 3.23. The Hall–Kier alpha value is -1.55. The summed E-state index contributed by atoms with van der Waals surface area (Å²) in [5.74, 6) is 3.35. The molecule has 3 rings (SSSR count). The molecule has 1 saturated heterocycles. The number of nitrogens with one attached hydrogen (secondary N) is 2. The van der Waals surface area contributed by atoms with Crippen LogP contribution in [-0.2, 0) is 20.1 Å². The summed E-state index contributed by atoms with van der Waals surface area (Å²) in [5, 5.41) is 6.87. The molecule has 0 aromatic carbocycles. The molecule has 1 aliphatic heterocycles. The van der Waals surface area contributed by atoms with E-state index in [1.165, 1.54) is 18.4 Å². The van der Waals surface area contributed by atoms with E-state index in [9.17, 15) is 0 Å². The predicted molar refractivity (Wildman–Crippen MR) is 128 cm³/mol. The minimum absolute atomic E-state index is 0. The Balaban J connectivity index is 0.00000300. The van der Waals surface area contributed by atoms with E-state index in [1.807, 2.05) is 20.9 Å². The molecule has 162 valence electrons. The fourth-order valence-electron chi connectivity index (χ4n) is 3.55. The fraction of sp³-hybridized carbons (Fsp3) is 0.619. The normalized spacial score (nSPS) is 15.9. The van der Waals surface area contributed by atoms with Gasteiger partial charge in [-0.15, -0.1) is 24.0 Å². The highest BCUT2D eigenvalue weighted by atomic mass is 127. The Morgan fingerprint density at radius 1 is 1.28 bits per heavy atom. The van der Waals surface area contributed by atoms with Crippen molar-refractivity contribution in [2.24, 2.45) is 18.0 Å². The predicted octanol–water partition coefficient (Wildman–Crippen LogP) is 3.22. The Morgan fingerprint density at radius 3 is 2.62 bits per heavy atom. The van der Waals surface area contributed by atoms with Crippen LogP contribution in [0.5, 0.6) is 0 Å². The summed E-state index contributed by atoms with van der Waals surface area (Å²) < 4.78 is 7.78. The van der Waals surface area contributed by atoms with E-state index in [2.05, 4.69) is 50.5 Å². The van der Waals surface area contributed by atoms with Crippen LogP contribution in [0.4, 0.5) is 0 Å². The number of piperidine rings is 1. The van der Waals surface area contributed by atoms with Gasteiger partial charge >= 0.3 is 0 Å². The number of guanidine groups is 1. The highest BCUT2D eigenvalue weighted by Gasteiger charge is 2.21. The minimum Gasteiger partial charge on any atom is -0.444 e. The van der Waals surface area contributed by atoms with E-state index in [-0.39, 0.29) is 24.0 Å². The molecule has 0 spiro atoms. The first-order valence-electron chi connectivity index (χ1n) is 10.3. The van der Waals surface area contributed by atoms with Crippen molar-refractivity contribution in [3.8, 4) is 0 Å². The SMILES string of the molecule is CCNC(=NCc1ccn(C)c1)NCC1CCN(Cc2nc(C)c(C)o2)CC1.I. The summed E-state index contributed by atoms with van der Waals surface area (Å²) in [5.41, 5.74) is 2.23. The highest BCUT2D eigenvalue weighted by Crippen LogP contribution is 2.19. The van der Waals surface area contributed by atoms with E-state index in [0.29, 0.717) is 12.5 Å². The van der Waals surface area contributed by atoms with Gasteiger partial charge in [-0.2, -0.15) is 0 Å². The molecule has 8 heteroatoms. The van der Waals surface area contributed by atoms with Gasteiger partial charge in [0.2, 0.25) is 5.89 Å². The molecule has 2 N–H and O–H groups in total. The van der Waals surface area contributed by atoms with Crippen LogP contribution in [0.3, 0.4) is 0 Å². The quantitative estimate of drug-likeness (QED) is 0.338. The summed E-state index contributed by atoms with van der Waals surface area (Å²) in [7, 11) is 2.04. The van der Waals surface area contributed by atoms with Crippen molar-refractivity contribution < 1.29 is 4.42 Å². The average molecular weight is 514 g/mol. The molecule has 1 fully saturated rings. The topological polar surface area (TPSA) is 70.6 Å². The summed E-state index contributed by atoms with van der Waals surface area (Å²) in [6.45, 7) is 11.6. The third-order valence-corrected chi connectivity index (χ3v) is 5.35. The van der Waals surface area contributed by atoms with Crippen molar-refractivity contribution >= 4 is 29.9 Å². The van der Waals surface area contributed by atoms with Gasteiger partial charge in [0.1, 0.15) is 5.76 Å². The van der Waals surface area contributed by atoms with Crippen molar-refractivity contribution in [2.45, 2.75) is 46.7 Å². The second kappa shape index (κ2) is 11.6. The Labute approximate surface area is 191 Å². The second-order valence-corrected chi connectivity index (χ2v) is 7.73. The highest BCUT2D eigenvalue weighted by molar-refractivity contribution is 14.0. The molecule has 0 bridgehead atoms. The van der Waals surface area contributed by atoms with E-state index in [0.717, 1.165) is 56.0 Å². The first-order valence-corrected chi connectivity index (χ1v) is 10.3. The zero-order valence-electron chi connectivity index (χ0n) is 18.1. The number of aromatic nitrogens is 2. The lowest BCUT2D eigenvalue weighted by Crippen LogP contribution is -2.42. The van der Waals surface area contributed by atoms with Gasteiger partial charge in [0.15, 0.2) is 5.96 Å². The third-order valence-electron chi connectivity index (χ3n) is 5.35. The molecule has 0 saturated carbocycles. The monoisotopic (exact) mass is 514 g/mol. The standard InChI is InChI=1S/C21H34N6O.HI/c1-5-22-21(24-13-19-6-9-26(4)14-19)23-12-18-7-10-27(11-8-18)15-20-25-16(2)17(3)28-20;/h6,9,14,18H,5,7-8,10-13,15H2,1-4H3,(H2,22,23,24);1H. The maximum atomic E-state index is 5.72. The molecule has 0 radical (unpaired) electrons. The third kappa shape index (κ3) is 7.33. The van der Waals surface area contributed by atoms with Gasteiger partial charge in [-0.1, -0.05) is 0 Å². The summed E-state index contributed by atoms with van der Waals surface area (Å²) in [6.07, 6.45) is 6.53. The summed E-state index contributed by atoms with van der Waals surface area (Å²) >= 11 is 0. The fourth-order valence-corrected chi connectivity index (χ4v) is 3.55. The minimum atomic E-state index is 0. The van der Waals surface area contributed by atoms with Crippen LogP contribution in [0.15, 0.2) is 27.9 Å². The van der Waals surface area contributed by atoms with Crippen LogP contribution in [0.2, 0.25) is 0 Å². The summed E-state index contributed by atoms with van der Waals surface area (Å²) in [4.78, 5) is 11.7. The second-order valence-electron chi connectivity index (χ2n) is 7.73. The number of aliphatic imine (C=N–C) groups is 1. The Kier molecular flexibility index (Phi) is 9.48. The first-order chi connectivity index (χ1) is 13.5. The van der Waals surface area contributed by atoms with Crippen LogP contribution < -0.4 is 10.6 Å². The van der Waals surface area contributed by atoms with E-state index >= 15 is 0 Å². The maximum Gasteiger partial charge on any atom is 0.208 e. The first kappa shape index (κ1) is 23.7. The van der Waals surface area contributed by atoms with Crippen molar-refractivity contribution in [1.82, 2.24) is 25.1 Å². The van der Waals surface area contributed by atoms with Gasteiger partial charge in [-0.25, -0.2) is 9.98 Å². The van der Waals surface area contributed by atoms with E-state index < -0.39 is 0 Å². The van der Waals surface area contributed by atoms with E-state index in [4.69, 9.17) is 9.41 Å². The largest absolute Gasteiger partial charge is 0.444 e. The zero-order valence-corrected chi connectivity index (χ0v) is 20.4. The molecule has 2 aromatic heterocycles. The lowest BCUT2D eigenvalue weighted by molar-refractivity contribution is 0.164. The van der Waals surface area contributed by atoms with Crippen LogP contribution in [0, 0.1) is 19.8 Å². The van der Waals surface area contributed by atoms with Crippen LogP contribution >= 0.6 is 24.0 Å². The maximum absolute atomic E-state index is 5.72. The van der Waals surface area contributed by atoms with Crippen molar-refractivity contribution in [2.75, 3.05) is 26.2 Å². The lowest BCUT2D eigenvalue weighted by Gasteiger charge is -2.31. The molecule has 2 aromatic rings. The molecule has 0 unspecified atom stereocenters. The van der Waals surface area contributed by atoms with Crippen molar-refractivity contribution in [3.05, 3.63) is 41.4 Å². The van der Waals surface area contributed by atoms with Gasteiger partial charge < -0.3 is 19.6 Å². The van der Waals surface area contributed by atoms with Gasteiger partial charge in [0.25, 0.3) is 0 Å². The molecule has 7 nitrogen and oxygen atoms in total. The van der Waals surface area contributed by atoms with Crippen molar-refractivity contribution in [1.29, 1.82) is 0 Å². The summed E-state index contributed by atoms with van der Waals surface area (Å²) in [6, 6.07) is 2.11. The van der Waals surface area contributed by atoms with Gasteiger partial charge in [0.05, 0.1) is 18.8 Å². The van der Waals surface area contributed by atoms with Crippen LogP contribution in [0.1, 0.15) is 42.7 Å². The number of rotatable bonds is 7. The van der Waals surface area contributed by atoms with Crippen LogP contribution in [0.25, 0.3) is 0 Å². The molecule has 3 heterocycles. The zero-order chi connectivity index (χ0) is 19.9. The number of nitrogens with zero attached hydrogens (tertiary/aromatic N) is 4. The number of hydrogen-bond donors (Lipinski definition) is 2. The molecule has 0 aliphatic carbocycles. The molecule has 0 amide bonds. The number of halogens is 1. The Morgan fingerprint density at radius 2 is 2.03 bits per heavy atom. The molecule has 0 atom stereocenters.